The molecule has 7 heteroatoms. The van der Waals surface area contributed by atoms with Crippen molar-refractivity contribution in [3.8, 4) is 22.8 Å². The molecular weight excluding hydrogens is 306 g/mol. The lowest BCUT2D eigenvalue weighted by Gasteiger charge is -1.96. The van der Waals surface area contributed by atoms with Crippen LogP contribution in [0, 0.1) is 13.8 Å². The summed E-state index contributed by atoms with van der Waals surface area (Å²) < 4.78 is 5.24. The SMILES string of the molecule is Cc1[nH]c(C)c(-c2nc(-c3ccc(Cl)cc3)no2)c1C(=O)O. The van der Waals surface area contributed by atoms with Crippen LogP contribution in [0.25, 0.3) is 22.8 Å². The molecule has 0 aliphatic heterocycles. The van der Waals surface area contributed by atoms with E-state index < -0.39 is 5.97 Å². The standard InChI is InChI=1S/C15H12ClN3O3/c1-7-11(12(15(20)21)8(2)17-7)14-18-13(19-22-14)9-3-5-10(16)6-4-9/h3-6,17H,1-2H3,(H,20,21). The van der Waals surface area contributed by atoms with Gasteiger partial charge in [-0.05, 0) is 38.1 Å². The first kappa shape index (κ1) is 14.3. The minimum Gasteiger partial charge on any atom is -0.478 e. The molecule has 3 aromatic rings. The van der Waals surface area contributed by atoms with Gasteiger partial charge in [-0.2, -0.15) is 4.98 Å². The Morgan fingerprint density at radius 1 is 1.23 bits per heavy atom. The largest absolute Gasteiger partial charge is 0.478 e. The van der Waals surface area contributed by atoms with E-state index in [4.69, 9.17) is 16.1 Å². The van der Waals surface area contributed by atoms with Gasteiger partial charge >= 0.3 is 5.97 Å². The molecule has 2 aromatic heterocycles. The summed E-state index contributed by atoms with van der Waals surface area (Å²) in [5.41, 5.74) is 2.51. The zero-order valence-corrected chi connectivity index (χ0v) is 12.6. The number of hydrogen-bond acceptors (Lipinski definition) is 4. The quantitative estimate of drug-likeness (QED) is 0.768. The Labute approximate surface area is 130 Å². The molecule has 2 N–H and O–H groups in total. The first-order valence-corrected chi connectivity index (χ1v) is 6.87. The van der Waals surface area contributed by atoms with Gasteiger partial charge in [-0.1, -0.05) is 16.8 Å². The van der Waals surface area contributed by atoms with E-state index in [1.807, 2.05) is 0 Å². The van der Waals surface area contributed by atoms with Gasteiger partial charge in [-0.3, -0.25) is 0 Å². The minimum absolute atomic E-state index is 0.142. The Bertz CT molecular complexity index is 850. The number of halogens is 1. The molecule has 6 nitrogen and oxygen atoms in total. The number of rotatable bonds is 3. The normalized spacial score (nSPS) is 10.9. The van der Waals surface area contributed by atoms with Crippen molar-refractivity contribution in [1.29, 1.82) is 0 Å². The van der Waals surface area contributed by atoms with Crippen LogP contribution in [0.3, 0.4) is 0 Å². The fraction of sp³-hybridized carbons (Fsp3) is 0.133. The predicted octanol–water partition coefficient (Wildman–Crippen LogP) is 3.70. The van der Waals surface area contributed by atoms with Crippen LogP contribution in [-0.4, -0.2) is 26.2 Å². The second-order valence-electron chi connectivity index (χ2n) is 4.86. The third-order valence-corrected chi connectivity index (χ3v) is 3.58. The van der Waals surface area contributed by atoms with Crippen molar-refractivity contribution in [2.75, 3.05) is 0 Å². The van der Waals surface area contributed by atoms with E-state index in [1.165, 1.54) is 0 Å². The molecule has 0 aliphatic rings. The highest BCUT2D eigenvalue weighted by Gasteiger charge is 2.24. The smallest absolute Gasteiger partial charge is 0.338 e. The van der Waals surface area contributed by atoms with Crippen molar-refractivity contribution < 1.29 is 14.4 Å². The van der Waals surface area contributed by atoms with Gasteiger partial charge in [-0.25, -0.2) is 4.79 Å². The zero-order valence-electron chi connectivity index (χ0n) is 11.8. The summed E-state index contributed by atoms with van der Waals surface area (Å²) in [6, 6.07) is 6.98. The molecule has 0 atom stereocenters. The van der Waals surface area contributed by atoms with Crippen molar-refractivity contribution in [1.82, 2.24) is 15.1 Å². The van der Waals surface area contributed by atoms with Gasteiger partial charge in [0.25, 0.3) is 5.89 Å². The van der Waals surface area contributed by atoms with Crippen molar-refractivity contribution in [2.45, 2.75) is 13.8 Å². The number of nitrogens with one attached hydrogen (secondary N) is 1. The molecule has 0 bridgehead atoms. The number of H-pyrrole nitrogens is 1. The molecule has 0 amide bonds. The van der Waals surface area contributed by atoms with Crippen LogP contribution in [0.4, 0.5) is 0 Å². The van der Waals surface area contributed by atoms with Gasteiger partial charge in [0.05, 0.1) is 11.1 Å². The minimum atomic E-state index is -1.04. The Kier molecular flexibility index (Phi) is 3.46. The summed E-state index contributed by atoms with van der Waals surface area (Å²) in [4.78, 5) is 18.7. The maximum absolute atomic E-state index is 11.4. The lowest BCUT2D eigenvalue weighted by atomic mass is 10.1. The molecule has 0 fully saturated rings. The van der Waals surface area contributed by atoms with Gasteiger partial charge < -0.3 is 14.6 Å². The first-order valence-electron chi connectivity index (χ1n) is 6.50. The number of aromatic nitrogens is 3. The van der Waals surface area contributed by atoms with E-state index in [0.717, 1.165) is 5.56 Å². The second kappa shape index (κ2) is 5.31. The molecule has 2 heterocycles. The van der Waals surface area contributed by atoms with E-state index in [2.05, 4.69) is 15.1 Å². The van der Waals surface area contributed by atoms with Crippen LogP contribution >= 0.6 is 11.6 Å². The van der Waals surface area contributed by atoms with Gasteiger partial charge in [-0.15, -0.1) is 0 Å². The van der Waals surface area contributed by atoms with E-state index in [1.54, 1.807) is 38.1 Å². The Balaban J connectivity index is 2.08. The van der Waals surface area contributed by atoms with Crippen LogP contribution in [-0.2, 0) is 0 Å². The molecule has 0 spiro atoms. The number of carbonyl (C=O) groups is 1. The number of carboxylic acids is 1. The maximum atomic E-state index is 11.4. The number of benzene rings is 1. The third-order valence-electron chi connectivity index (χ3n) is 3.33. The highest BCUT2D eigenvalue weighted by molar-refractivity contribution is 6.30. The summed E-state index contributed by atoms with van der Waals surface area (Å²) in [6.07, 6.45) is 0. The van der Waals surface area contributed by atoms with Crippen LogP contribution in [0.2, 0.25) is 5.02 Å². The number of carboxylic acid groups (broad SMARTS) is 1. The van der Waals surface area contributed by atoms with Crippen molar-refractivity contribution in [3.05, 3.63) is 46.2 Å². The van der Waals surface area contributed by atoms with Crippen LogP contribution in [0.15, 0.2) is 28.8 Å². The summed E-state index contributed by atoms with van der Waals surface area (Å²) in [5.74, 6) is -0.492. The Morgan fingerprint density at radius 3 is 2.55 bits per heavy atom. The highest BCUT2D eigenvalue weighted by atomic mass is 35.5. The fourth-order valence-corrected chi connectivity index (χ4v) is 2.48. The van der Waals surface area contributed by atoms with Gasteiger partial charge in [0.1, 0.15) is 0 Å². The van der Waals surface area contributed by atoms with E-state index >= 15 is 0 Å². The number of nitrogens with zero attached hydrogens (tertiary/aromatic N) is 2. The van der Waals surface area contributed by atoms with Gasteiger partial charge in [0, 0.05) is 22.0 Å². The lowest BCUT2D eigenvalue weighted by molar-refractivity contribution is 0.0697. The summed E-state index contributed by atoms with van der Waals surface area (Å²) in [7, 11) is 0. The highest BCUT2D eigenvalue weighted by Crippen LogP contribution is 2.30. The van der Waals surface area contributed by atoms with E-state index in [0.29, 0.717) is 27.8 Å². The first-order chi connectivity index (χ1) is 10.5. The van der Waals surface area contributed by atoms with E-state index in [-0.39, 0.29) is 11.5 Å². The molecule has 1 aromatic carbocycles. The van der Waals surface area contributed by atoms with Crippen LogP contribution in [0.1, 0.15) is 21.7 Å². The third kappa shape index (κ3) is 2.37. The Morgan fingerprint density at radius 2 is 1.91 bits per heavy atom. The summed E-state index contributed by atoms with van der Waals surface area (Å²) in [5, 5.41) is 13.9. The molecule has 3 rings (SSSR count). The molecule has 0 saturated carbocycles. The van der Waals surface area contributed by atoms with Crippen LogP contribution in [0.5, 0.6) is 0 Å². The van der Waals surface area contributed by atoms with Crippen molar-refractivity contribution in [3.63, 3.8) is 0 Å². The average molecular weight is 318 g/mol. The molecule has 112 valence electrons. The summed E-state index contributed by atoms with van der Waals surface area (Å²) >= 11 is 5.85. The number of aryl methyl sites for hydroxylation is 2. The van der Waals surface area contributed by atoms with Crippen molar-refractivity contribution >= 4 is 17.6 Å². The molecule has 0 saturated heterocycles. The summed E-state index contributed by atoms with van der Waals surface area (Å²) in [6.45, 7) is 3.46. The molecule has 0 radical (unpaired) electrons. The fourth-order valence-electron chi connectivity index (χ4n) is 2.36. The van der Waals surface area contributed by atoms with Gasteiger partial charge in [0.2, 0.25) is 5.82 Å². The predicted molar refractivity (Wildman–Crippen MR) is 81.0 cm³/mol. The second-order valence-corrected chi connectivity index (χ2v) is 5.30. The van der Waals surface area contributed by atoms with E-state index in [9.17, 15) is 9.90 Å². The lowest BCUT2D eigenvalue weighted by Crippen LogP contribution is -1.99. The van der Waals surface area contributed by atoms with Crippen molar-refractivity contribution in [2.24, 2.45) is 0 Å². The maximum Gasteiger partial charge on any atom is 0.338 e. The molecule has 0 aliphatic carbocycles. The number of aromatic amines is 1. The monoisotopic (exact) mass is 317 g/mol. The molecule has 22 heavy (non-hydrogen) atoms. The zero-order chi connectivity index (χ0) is 15.9. The van der Waals surface area contributed by atoms with Crippen LogP contribution < -0.4 is 0 Å². The average Bonchev–Trinajstić information content (AvgIpc) is 3.03. The number of aromatic carboxylic acids is 1. The molecular formula is C15H12ClN3O3. The number of hydrogen-bond donors (Lipinski definition) is 2. The van der Waals surface area contributed by atoms with Gasteiger partial charge in [0.15, 0.2) is 0 Å². The Hall–Kier alpha value is -2.60. The molecule has 0 unspecified atom stereocenters. The topological polar surface area (TPSA) is 92.0 Å².